The lowest BCUT2D eigenvalue weighted by Crippen LogP contribution is -2.61. The second-order valence-corrected chi connectivity index (χ2v) is 9.85. The van der Waals surface area contributed by atoms with E-state index in [1.165, 1.54) is 0 Å². The van der Waals surface area contributed by atoms with E-state index in [-0.39, 0.29) is 6.61 Å². The largest absolute Gasteiger partial charge is 0.374 e. The summed E-state index contributed by atoms with van der Waals surface area (Å²) in [6.45, 7) is 1.65. The van der Waals surface area contributed by atoms with Crippen LogP contribution in [0.2, 0.25) is 0 Å². The van der Waals surface area contributed by atoms with Crippen molar-refractivity contribution in [3.8, 4) is 0 Å². The van der Waals surface area contributed by atoms with E-state index in [9.17, 15) is 5.11 Å². The fourth-order valence-corrected chi connectivity index (χ4v) is 4.77. The van der Waals surface area contributed by atoms with Crippen LogP contribution in [0, 0.1) is 0 Å². The predicted molar refractivity (Wildman–Crippen MR) is 152 cm³/mol. The van der Waals surface area contributed by atoms with Gasteiger partial charge in [-0.15, -0.1) is 0 Å². The SMILES string of the molecule is O[C@H]1O[C@H](COCc2ccccc2)[C@@H](OCc2ccccc2)[C@H](OCc2ccccc2)[C@@H]1OCc1ccccc1. The molecule has 0 spiro atoms. The maximum Gasteiger partial charge on any atom is 0.184 e. The van der Waals surface area contributed by atoms with Crippen LogP contribution in [0.5, 0.6) is 0 Å². The summed E-state index contributed by atoms with van der Waals surface area (Å²) in [6.07, 6.45) is -3.72. The van der Waals surface area contributed by atoms with Crippen molar-refractivity contribution in [3.05, 3.63) is 144 Å². The molecule has 1 fully saturated rings. The zero-order valence-corrected chi connectivity index (χ0v) is 22.5. The zero-order valence-electron chi connectivity index (χ0n) is 22.5. The maximum absolute atomic E-state index is 11.2. The van der Waals surface area contributed by atoms with Crippen molar-refractivity contribution >= 4 is 0 Å². The van der Waals surface area contributed by atoms with E-state index in [0.717, 1.165) is 22.3 Å². The lowest BCUT2D eigenvalue weighted by molar-refractivity contribution is -0.317. The molecule has 1 aliphatic heterocycles. The first-order valence-electron chi connectivity index (χ1n) is 13.7. The van der Waals surface area contributed by atoms with Crippen LogP contribution in [0.1, 0.15) is 22.3 Å². The molecular weight excluding hydrogens is 504 g/mol. The van der Waals surface area contributed by atoms with Gasteiger partial charge in [0, 0.05) is 0 Å². The van der Waals surface area contributed by atoms with E-state index in [2.05, 4.69) is 0 Å². The van der Waals surface area contributed by atoms with Gasteiger partial charge in [-0.25, -0.2) is 0 Å². The summed E-state index contributed by atoms with van der Waals surface area (Å²) in [4.78, 5) is 0. The van der Waals surface area contributed by atoms with Crippen molar-refractivity contribution in [2.45, 2.75) is 57.1 Å². The van der Waals surface area contributed by atoms with Crippen molar-refractivity contribution in [2.75, 3.05) is 6.61 Å². The standard InChI is InChI=1S/C34H36O6/c35-34-33(39-24-29-19-11-4-12-20-29)32(38-23-28-17-9-3-10-18-28)31(37-22-27-15-7-2-8-16-27)30(40-34)25-36-21-26-13-5-1-6-14-26/h1-20,30-35H,21-25H2/t30-,31-,32+,33+,34+/m1/s1. The van der Waals surface area contributed by atoms with Gasteiger partial charge in [-0.05, 0) is 22.3 Å². The minimum absolute atomic E-state index is 0.224. The Bertz CT molecular complexity index is 1240. The van der Waals surface area contributed by atoms with Gasteiger partial charge >= 0.3 is 0 Å². The van der Waals surface area contributed by atoms with Crippen LogP contribution in [0.4, 0.5) is 0 Å². The highest BCUT2D eigenvalue weighted by Crippen LogP contribution is 2.30. The first-order chi connectivity index (χ1) is 19.8. The van der Waals surface area contributed by atoms with Crippen LogP contribution < -0.4 is 0 Å². The van der Waals surface area contributed by atoms with Crippen molar-refractivity contribution in [1.82, 2.24) is 0 Å². The summed E-state index contributed by atoms with van der Waals surface area (Å²) in [5.74, 6) is 0. The van der Waals surface area contributed by atoms with E-state index < -0.39 is 30.7 Å². The van der Waals surface area contributed by atoms with Gasteiger partial charge in [0.25, 0.3) is 0 Å². The van der Waals surface area contributed by atoms with E-state index in [1.807, 2.05) is 121 Å². The average molecular weight is 541 g/mol. The molecule has 4 aromatic carbocycles. The molecule has 0 saturated carbocycles. The summed E-state index contributed by atoms with van der Waals surface area (Å²) in [5, 5.41) is 11.2. The van der Waals surface area contributed by atoms with Gasteiger partial charge in [0.1, 0.15) is 24.4 Å². The van der Waals surface area contributed by atoms with Gasteiger partial charge < -0.3 is 28.8 Å². The Balaban J connectivity index is 1.36. The smallest absolute Gasteiger partial charge is 0.184 e. The molecule has 1 aliphatic rings. The fourth-order valence-electron chi connectivity index (χ4n) is 4.77. The third-order valence-electron chi connectivity index (χ3n) is 6.86. The molecule has 5 atom stereocenters. The van der Waals surface area contributed by atoms with E-state index in [0.29, 0.717) is 26.4 Å². The average Bonchev–Trinajstić information content (AvgIpc) is 3.01. The van der Waals surface area contributed by atoms with Crippen LogP contribution >= 0.6 is 0 Å². The first kappa shape index (κ1) is 28.2. The molecular formula is C34H36O6. The molecule has 1 N–H and O–H groups in total. The highest BCUT2D eigenvalue weighted by Gasteiger charge is 2.48. The first-order valence-corrected chi connectivity index (χ1v) is 13.7. The van der Waals surface area contributed by atoms with Crippen LogP contribution in [0.25, 0.3) is 0 Å². The molecule has 0 unspecified atom stereocenters. The number of rotatable bonds is 13. The normalized spacial score (nSPS) is 22.7. The molecule has 4 aromatic rings. The van der Waals surface area contributed by atoms with E-state index >= 15 is 0 Å². The summed E-state index contributed by atoms with van der Waals surface area (Å²) in [7, 11) is 0. The van der Waals surface area contributed by atoms with Crippen molar-refractivity contribution in [3.63, 3.8) is 0 Å². The van der Waals surface area contributed by atoms with Crippen molar-refractivity contribution in [2.24, 2.45) is 0 Å². The minimum atomic E-state index is -1.22. The van der Waals surface area contributed by atoms with E-state index in [1.54, 1.807) is 0 Å². The van der Waals surface area contributed by atoms with Gasteiger partial charge in [0.05, 0.1) is 33.0 Å². The molecule has 6 nitrogen and oxygen atoms in total. The fraction of sp³-hybridized carbons (Fsp3) is 0.294. The number of hydrogen-bond donors (Lipinski definition) is 1. The summed E-state index contributed by atoms with van der Waals surface area (Å²) in [5.41, 5.74) is 4.10. The second kappa shape index (κ2) is 14.9. The summed E-state index contributed by atoms with van der Waals surface area (Å²) in [6, 6.07) is 39.7. The molecule has 5 rings (SSSR count). The number of aliphatic hydroxyl groups is 1. The molecule has 40 heavy (non-hydrogen) atoms. The third-order valence-corrected chi connectivity index (χ3v) is 6.86. The molecule has 208 valence electrons. The lowest BCUT2D eigenvalue weighted by atomic mass is 9.98. The molecule has 0 amide bonds. The van der Waals surface area contributed by atoms with Crippen LogP contribution in [-0.4, -0.2) is 42.4 Å². The number of aliphatic hydroxyl groups excluding tert-OH is 1. The van der Waals surface area contributed by atoms with Gasteiger partial charge in [-0.3, -0.25) is 0 Å². The van der Waals surface area contributed by atoms with Crippen LogP contribution in [0.3, 0.4) is 0 Å². The number of benzene rings is 4. The molecule has 0 aliphatic carbocycles. The Morgan fingerprint density at radius 1 is 0.475 bits per heavy atom. The predicted octanol–water partition coefficient (Wildman–Crippen LogP) is 5.68. The Labute approximate surface area is 236 Å². The highest BCUT2D eigenvalue weighted by molar-refractivity contribution is 5.16. The summed E-state index contributed by atoms with van der Waals surface area (Å²) >= 11 is 0. The molecule has 0 aromatic heterocycles. The van der Waals surface area contributed by atoms with Gasteiger partial charge in [-0.1, -0.05) is 121 Å². The Hall–Kier alpha value is -3.36. The third kappa shape index (κ3) is 8.08. The van der Waals surface area contributed by atoms with Crippen LogP contribution in [-0.2, 0) is 50.1 Å². The monoisotopic (exact) mass is 540 g/mol. The lowest BCUT2D eigenvalue weighted by Gasteiger charge is -2.44. The van der Waals surface area contributed by atoms with Crippen LogP contribution in [0.15, 0.2) is 121 Å². The number of hydrogen-bond acceptors (Lipinski definition) is 6. The molecule has 0 bridgehead atoms. The van der Waals surface area contributed by atoms with Crippen molar-refractivity contribution in [1.29, 1.82) is 0 Å². The Morgan fingerprint density at radius 3 is 1.30 bits per heavy atom. The Morgan fingerprint density at radius 2 is 0.850 bits per heavy atom. The van der Waals surface area contributed by atoms with E-state index in [4.69, 9.17) is 23.7 Å². The van der Waals surface area contributed by atoms with Gasteiger partial charge in [0.15, 0.2) is 6.29 Å². The maximum atomic E-state index is 11.2. The quantitative estimate of drug-likeness (QED) is 0.236. The zero-order chi connectivity index (χ0) is 27.4. The summed E-state index contributed by atoms with van der Waals surface area (Å²) < 4.78 is 31.4. The van der Waals surface area contributed by atoms with Crippen molar-refractivity contribution < 1.29 is 28.8 Å². The number of ether oxygens (including phenoxy) is 5. The van der Waals surface area contributed by atoms with Gasteiger partial charge in [-0.2, -0.15) is 0 Å². The molecule has 1 heterocycles. The Kier molecular flexibility index (Phi) is 10.5. The second-order valence-electron chi connectivity index (χ2n) is 9.85. The highest BCUT2D eigenvalue weighted by atomic mass is 16.7. The topological polar surface area (TPSA) is 66.4 Å². The molecule has 0 radical (unpaired) electrons. The van der Waals surface area contributed by atoms with Gasteiger partial charge in [0.2, 0.25) is 0 Å². The molecule has 6 heteroatoms. The molecule has 1 saturated heterocycles. The minimum Gasteiger partial charge on any atom is -0.374 e.